The monoisotopic (exact) mass is 222 g/mol. The molecule has 0 amide bonds. The van der Waals surface area contributed by atoms with Crippen molar-refractivity contribution in [2.75, 3.05) is 0 Å². The van der Waals surface area contributed by atoms with E-state index >= 15 is 0 Å². The fourth-order valence-corrected chi connectivity index (χ4v) is 2.83. The quantitative estimate of drug-likeness (QED) is 0.854. The van der Waals surface area contributed by atoms with Crippen molar-refractivity contribution in [3.05, 3.63) is 18.0 Å². The van der Waals surface area contributed by atoms with Crippen LogP contribution in [0.5, 0.6) is 0 Å². The molecule has 0 aliphatic heterocycles. The third-order valence-electron chi connectivity index (χ3n) is 3.66. The Morgan fingerprint density at radius 1 is 1.50 bits per heavy atom. The van der Waals surface area contributed by atoms with Crippen LogP contribution < -0.4 is 0 Å². The van der Waals surface area contributed by atoms with Crippen LogP contribution in [0.25, 0.3) is 0 Å². The van der Waals surface area contributed by atoms with Crippen LogP contribution >= 0.6 is 0 Å². The molecule has 0 bridgehead atoms. The molecule has 3 atom stereocenters. The van der Waals surface area contributed by atoms with Crippen LogP contribution in [-0.4, -0.2) is 21.0 Å². The van der Waals surface area contributed by atoms with Gasteiger partial charge in [0.05, 0.1) is 18.3 Å². The zero-order valence-corrected chi connectivity index (χ0v) is 10.3. The average molecular weight is 222 g/mol. The second kappa shape index (κ2) is 5.00. The molecule has 1 aromatic heterocycles. The van der Waals surface area contributed by atoms with Gasteiger partial charge in [-0.25, -0.2) is 0 Å². The SMILES string of the molecule is CCCC1CCC(O)CC1n1cc(C)cn1. The Labute approximate surface area is 97.5 Å². The number of hydrogen-bond acceptors (Lipinski definition) is 2. The van der Waals surface area contributed by atoms with Crippen molar-refractivity contribution < 1.29 is 5.11 Å². The number of aryl methyl sites for hydroxylation is 1. The van der Waals surface area contributed by atoms with E-state index in [4.69, 9.17) is 0 Å². The number of hydrogen-bond donors (Lipinski definition) is 1. The second-order valence-corrected chi connectivity index (χ2v) is 5.08. The molecule has 1 heterocycles. The zero-order chi connectivity index (χ0) is 11.5. The number of rotatable bonds is 3. The molecule has 3 unspecified atom stereocenters. The molecule has 0 spiro atoms. The molecule has 3 nitrogen and oxygen atoms in total. The summed E-state index contributed by atoms with van der Waals surface area (Å²) >= 11 is 0. The fourth-order valence-electron chi connectivity index (χ4n) is 2.83. The minimum absolute atomic E-state index is 0.136. The van der Waals surface area contributed by atoms with E-state index in [0.717, 1.165) is 19.3 Å². The van der Waals surface area contributed by atoms with Crippen LogP contribution in [0.1, 0.15) is 50.6 Å². The van der Waals surface area contributed by atoms with E-state index in [2.05, 4.69) is 29.8 Å². The number of aliphatic hydroxyl groups excluding tert-OH is 1. The van der Waals surface area contributed by atoms with Gasteiger partial charge in [-0.05, 0) is 44.1 Å². The lowest BCUT2D eigenvalue weighted by molar-refractivity contribution is 0.0649. The Morgan fingerprint density at radius 3 is 2.94 bits per heavy atom. The van der Waals surface area contributed by atoms with Crippen molar-refractivity contribution in [1.29, 1.82) is 0 Å². The van der Waals surface area contributed by atoms with Crippen molar-refractivity contribution in [3.8, 4) is 0 Å². The molecular weight excluding hydrogens is 200 g/mol. The first kappa shape index (κ1) is 11.6. The van der Waals surface area contributed by atoms with Gasteiger partial charge >= 0.3 is 0 Å². The number of nitrogens with zero attached hydrogens (tertiary/aromatic N) is 2. The molecule has 0 aromatic carbocycles. The third-order valence-corrected chi connectivity index (χ3v) is 3.66. The van der Waals surface area contributed by atoms with Gasteiger partial charge in [-0.3, -0.25) is 4.68 Å². The minimum Gasteiger partial charge on any atom is -0.393 e. The standard InChI is InChI=1S/C13H22N2O/c1-3-4-11-5-6-12(16)7-13(11)15-9-10(2)8-14-15/h8-9,11-13,16H,3-7H2,1-2H3. The molecule has 2 rings (SSSR count). The lowest BCUT2D eigenvalue weighted by atomic mass is 9.80. The largest absolute Gasteiger partial charge is 0.393 e. The van der Waals surface area contributed by atoms with Crippen LogP contribution in [0, 0.1) is 12.8 Å². The summed E-state index contributed by atoms with van der Waals surface area (Å²) in [5, 5.41) is 14.2. The van der Waals surface area contributed by atoms with E-state index in [-0.39, 0.29) is 6.10 Å². The van der Waals surface area contributed by atoms with Crippen molar-refractivity contribution in [2.24, 2.45) is 5.92 Å². The van der Waals surface area contributed by atoms with Crippen molar-refractivity contribution in [3.63, 3.8) is 0 Å². The van der Waals surface area contributed by atoms with Gasteiger partial charge < -0.3 is 5.11 Å². The van der Waals surface area contributed by atoms with E-state index in [1.165, 1.54) is 18.4 Å². The maximum atomic E-state index is 9.79. The Morgan fingerprint density at radius 2 is 2.31 bits per heavy atom. The molecule has 1 saturated carbocycles. The molecule has 1 aliphatic carbocycles. The summed E-state index contributed by atoms with van der Waals surface area (Å²) in [6, 6.07) is 0.400. The zero-order valence-electron chi connectivity index (χ0n) is 10.3. The topological polar surface area (TPSA) is 38.0 Å². The summed E-state index contributed by atoms with van der Waals surface area (Å²) < 4.78 is 2.07. The molecule has 1 fully saturated rings. The lowest BCUT2D eigenvalue weighted by Crippen LogP contribution is -2.30. The maximum Gasteiger partial charge on any atom is 0.0572 e. The summed E-state index contributed by atoms with van der Waals surface area (Å²) in [5.74, 6) is 0.688. The maximum absolute atomic E-state index is 9.79. The first-order chi connectivity index (χ1) is 7.70. The van der Waals surface area contributed by atoms with E-state index in [1.807, 2.05) is 6.20 Å². The molecule has 1 aliphatic rings. The Kier molecular flexibility index (Phi) is 3.64. The molecule has 0 radical (unpaired) electrons. The van der Waals surface area contributed by atoms with Gasteiger partial charge in [-0.1, -0.05) is 13.3 Å². The lowest BCUT2D eigenvalue weighted by Gasteiger charge is -2.34. The van der Waals surface area contributed by atoms with Crippen LogP contribution in [-0.2, 0) is 0 Å². The molecule has 1 N–H and O–H groups in total. The third kappa shape index (κ3) is 2.46. The molecule has 1 aromatic rings. The highest BCUT2D eigenvalue weighted by molar-refractivity contribution is 5.01. The first-order valence-electron chi connectivity index (χ1n) is 6.39. The van der Waals surface area contributed by atoms with Crippen LogP contribution in [0.4, 0.5) is 0 Å². The van der Waals surface area contributed by atoms with Crippen LogP contribution in [0.15, 0.2) is 12.4 Å². The summed E-state index contributed by atoms with van der Waals surface area (Å²) in [6.45, 7) is 4.30. The van der Waals surface area contributed by atoms with E-state index in [1.54, 1.807) is 0 Å². The van der Waals surface area contributed by atoms with Gasteiger partial charge in [-0.15, -0.1) is 0 Å². The molecule has 16 heavy (non-hydrogen) atoms. The highest BCUT2D eigenvalue weighted by Crippen LogP contribution is 2.36. The van der Waals surface area contributed by atoms with Crippen molar-refractivity contribution >= 4 is 0 Å². The fraction of sp³-hybridized carbons (Fsp3) is 0.769. The summed E-state index contributed by atoms with van der Waals surface area (Å²) in [5.41, 5.74) is 1.20. The van der Waals surface area contributed by atoms with E-state index in [9.17, 15) is 5.11 Å². The minimum atomic E-state index is -0.136. The smallest absolute Gasteiger partial charge is 0.0572 e. The number of aliphatic hydroxyl groups is 1. The highest BCUT2D eigenvalue weighted by atomic mass is 16.3. The summed E-state index contributed by atoms with van der Waals surface area (Å²) in [6.07, 6.45) is 9.30. The van der Waals surface area contributed by atoms with Gasteiger partial charge in [-0.2, -0.15) is 5.10 Å². The number of aromatic nitrogens is 2. The predicted molar refractivity (Wildman–Crippen MR) is 64.3 cm³/mol. The van der Waals surface area contributed by atoms with Gasteiger partial charge in [0.1, 0.15) is 0 Å². The Bertz CT molecular complexity index is 334. The molecule has 3 heteroatoms. The molecule has 90 valence electrons. The van der Waals surface area contributed by atoms with Gasteiger partial charge in [0.2, 0.25) is 0 Å². The molecular formula is C13H22N2O. The van der Waals surface area contributed by atoms with E-state index in [0.29, 0.717) is 12.0 Å². The predicted octanol–water partition coefficient (Wildman–Crippen LogP) is 2.69. The highest BCUT2D eigenvalue weighted by Gasteiger charge is 2.30. The Balaban J connectivity index is 2.13. The van der Waals surface area contributed by atoms with Crippen molar-refractivity contribution in [1.82, 2.24) is 9.78 Å². The second-order valence-electron chi connectivity index (χ2n) is 5.08. The summed E-state index contributed by atoms with van der Waals surface area (Å²) in [7, 11) is 0. The van der Waals surface area contributed by atoms with Gasteiger partial charge in [0.15, 0.2) is 0 Å². The first-order valence-corrected chi connectivity index (χ1v) is 6.39. The van der Waals surface area contributed by atoms with Gasteiger partial charge in [0, 0.05) is 6.20 Å². The van der Waals surface area contributed by atoms with Crippen LogP contribution in [0.2, 0.25) is 0 Å². The average Bonchev–Trinajstić information content (AvgIpc) is 2.68. The molecule has 0 saturated heterocycles. The summed E-state index contributed by atoms with van der Waals surface area (Å²) in [4.78, 5) is 0. The van der Waals surface area contributed by atoms with Crippen molar-refractivity contribution in [2.45, 2.75) is 58.1 Å². The van der Waals surface area contributed by atoms with E-state index < -0.39 is 0 Å². The van der Waals surface area contributed by atoms with Crippen LogP contribution in [0.3, 0.4) is 0 Å². The normalized spacial score (nSPS) is 30.6. The Hall–Kier alpha value is -0.830. The van der Waals surface area contributed by atoms with Gasteiger partial charge in [0.25, 0.3) is 0 Å².